The Balaban J connectivity index is 2.05. The van der Waals surface area contributed by atoms with E-state index in [-0.39, 0.29) is 17.5 Å². The Bertz CT molecular complexity index is 572. The van der Waals surface area contributed by atoms with E-state index in [9.17, 15) is 13.5 Å². The van der Waals surface area contributed by atoms with Gasteiger partial charge < -0.3 is 10.4 Å². The van der Waals surface area contributed by atoms with Crippen LogP contribution >= 0.6 is 0 Å². The molecule has 0 heterocycles. The minimum atomic E-state index is -3.38. The second kappa shape index (κ2) is 7.55. The molecular formula is C16H26N2O3S. The highest BCUT2D eigenvalue weighted by Gasteiger charge is 2.25. The average Bonchev–Trinajstić information content (AvgIpc) is 2.55. The van der Waals surface area contributed by atoms with Gasteiger partial charge in [-0.15, -0.1) is 0 Å². The van der Waals surface area contributed by atoms with E-state index in [4.69, 9.17) is 0 Å². The maximum absolute atomic E-state index is 11.7. The predicted octanol–water partition coefficient (Wildman–Crippen LogP) is 1.80. The fourth-order valence-corrected chi connectivity index (χ4v) is 3.85. The molecule has 0 amide bonds. The van der Waals surface area contributed by atoms with E-state index < -0.39 is 10.0 Å². The second-order valence-corrected chi connectivity index (χ2v) is 7.89. The van der Waals surface area contributed by atoms with Crippen LogP contribution in [0.2, 0.25) is 0 Å². The normalized spacial score (nSPS) is 24.1. The molecule has 1 aliphatic rings. The lowest BCUT2D eigenvalue weighted by molar-refractivity contribution is 0.147. The number of sulfonamides is 1. The predicted molar refractivity (Wildman–Crippen MR) is 87.1 cm³/mol. The number of rotatable bonds is 6. The lowest BCUT2D eigenvalue weighted by Crippen LogP contribution is -2.41. The van der Waals surface area contributed by atoms with Gasteiger partial charge in [0.05, 0.1) is 4.90 Å². The lowest BCUT2D eigenvalue weighted by atomic mass is 9.84. The fraction of sp³-hybridized carbons (Fsp3) is 0.625. The highest BCUT2D eigenvalue weighted by molar-refractivity contribution is 7.89. The molecule has 22 heavy (non-hydrogen) atoms. The Kier molecular flexibility index (Phi) is 5.97. The van der Waals surface area contributed by atoms with Crippen LogP contribution in [0.3, 0.4) is 0 Å². The van der Waals surface area contributed by atoms with Crippen molar-refractivity contribution in [2.24, 2.45) is 5.92 Å². The van der Waals surface area contributed by atoms with E-state index in [0.717, 1.165) is 18.4 Å². The quantitative estimate of drug-likeness (QED) is 0.745. The van der Waals surface area contributed by atoms with Gasteiger partial charge in [0, 0.05) is 18.7 Å². The molecule has 2 rings (SSSR count). The van der Waals surface area contributed by atoms with Crippen LogP contribution in [0.25, 0.3) is 0 Å². The summed E-state index contributed by atoms with van der Waals surface area (Å²) in [4.78, 5) is 0.275. The lowest BCUT2D eigenvalue weighted by Gasteiger charge is -2.33. The molecular weight excluding hydrogens is 300 g/mol. The minimum Gasteiger partial charge on any atom is -0.396 e. The molecule has 3 atom stereocenters. The van der Waals surface area contributed by atoms with E-state index in [0.29, 0.717) is 12.0 Å². The number of aliphatic hydroxyl groups excluding tert-OH is 1. The second-order valence-electron chi connectivity index (χ2n) is 6.00. The van der Waals surface area contributed by atoms with Gasteiger partial charge in [0.15, 0.2) is 0 Å². The Hall–Kier alpha value is -0.950. The number of benzene rings is 1. The van der Waals surface area contributed by atoms with Crippen molar-refractivity contribution in [2.45, 2.75) is 49.6 Å². The van der Waals surface area contributed by atoms with E-state index in [1.165, 1.54) is 19.9 Å². The maximum atomic E-state index is 11.7. The van der Waals surface area contributed by atoms with Gasteiger partial charge >= 0.3 is 0 Å². The summed E-state index contributed by atoms with van der Waals surface area (Å²) >= 11 is 0. The van der Waals surface area contributed by atoms with Crippen molar-refractivity contribution in [3.05, 3.63) is 29.8 Å². The molecule has 1 saturated carbocycles. The van der Waals surface area contributed by atoms with Crippen LogP contribution in [-0.4, -0.2) is 33.2 Å². The summed E-state index contributed by atoms with van der Waals surface area (Å²) in [6.45, 7) is 2.30. The third-order valence-electron chi connectivity index (χ3n) is 4.57. The SMILES string of the molecule is CNS(=O)(=O)c1ccc(C(C)NC2CCCCC2CO)cc1. The minimum absolute atomic E-state index is 0.128. The summed E-state index contributed by atoms with van der Waals surface area (Å²) in [5, 5.41) is 13.1. The van der Waals surface area contributed by atoms with Gasteiger partial charge in [0.2, 0.25) is 10.0 Å². The molecule has 0 radical (unpaired) electrons. The van der Waals surface area contributed by atoms with Gasteiger partial charge in [-0.2, -0.15) is 0 Å². The van der Waals surface area contributed by atoms with Gasteiger partial charge in [-0.05, 0) is 50.4 Å². The monoisotopic (exact) mass is 326 g/mol. The number of nitrogens with one attached hydrogen (secondary N) is 2. The zero-order chi connectivity index (χ0) is 16.2. The molecule has 1 aromatic rings. The van der Waals surface area contributed by atoms with Gasteiger partial charge in [0.25, 0.3) is 0 Å². The van der Waals surface area contributed by atoms with Crippen LogP contribution in [0.15, 0.2) is 29.2 Å². The number of hydrogen-bond acceptors (Lipinski definition) is 4. The first kappa shape index (κ1) is 17.4. The Morgan fingerprint density at radius 2 is 1.86 bits per heavy atom. The molecule has 0 aromatic heterocycles. The molecule has 6 heteroatoms. The zero-order valence-corrected chi connectivity index (χ0v) is 14.1. The smallest absolute Gasteiger partial charge is 0.240 e. The average molecular weight is 326 g/mol. The topological polar surface area (TPSA) is 78.4 Å². The van der Waals surface area contributed by atoms with E-state index in [2.05, 4.69) is 17.0 Å². The summed E-state index contributed by atoms with van der Waals surface area (Å²) in [6.07, 6.45) is 4.54. The van der Waals surface area contributed by atoms with E-state index in [1.807, 2.05) is 12.1 Å². The van der Waals surface area contributed by atoms with Gasteiger partial charge in [0.1, 0.15) is 0 Å². The van der Waals surface area contributed by atoms with Crippen LogP contribution in [-0.2, 0) is 10.0 Å². The molecule has 1 aromatic carbocycles. The summed E-state index contributed by atoms with van der Waals surface area (Å²) in [6, 6.07) is 7.41. The zero-order valence-electron chi connectivity index (χ0n) is 13.2. The van der Waals surface area contributed by atoms with E-state index >= 15 is 0 Å². The van der Waals surface area contributed by atoms with Crippen molar-refractivity contribution in [3.8, 4) is 0 Å². The third-order valence-corrected chi connectivity index (χ3v) is 6.00. The molecule has 124 valence electrons. The highest BCUT2D eigenvalue weighted by Crippen LogP contribution is 2.26. The summed E-state index contributed by atoms with van der Waals surface area (Å²) in [7, 11) is -1.98. The molecule has 1 fully saturated rings. The maximum Gasteiger partial charge on any atom is 0.240 e. The molecule has 0 spiro atoms. The standard InChI is InChI=1S/C16H26N2O3S/c1-12(18-16-6-4-3-5-14(16)11-19)13-7-9-15(10-8-13)22(20,21)17-2/h7-10,12,14,16-19H,3-6,11H2,1-2H3. The van der Waals surface area contributed by atoms with Crippen molar-refractivity contribution >= 4 is 10.0 Å². The Morgan fingerprint density at radius 1 is 1.23 bits per heavy atom. The van der Waals surface area contributed by atoms with Crippen LogP contribution in [0.1, 0.15) is 44.2 Å². The first-order chi connectivity index (χ1) is 10.5. The number of aliphatic hydroxyl groups is 1. The van der Waals surface area contributed by atoms with Crippen LogP contribution in [0, 0.1) is 5.92 Å². The molecule has 1 aliphatic carbocycles. The summed E-state index contributed by atoms with van der Waals surface area (Å²) in [5.41, 5.74) is 1.05. The van der Waals surface area contributed by atoms with Crippen molar-refractivity contribution in [2.75, 3.05) is 13.7 Å². The molecule has 5 nitrogen and oxygen atoms in total. The Morgan fingerprint density at radius 3 is 2.45 bits per heavy atom. The van der Waals surface area contributed by atoms with Gasteiger partial charge in [-0.1, -0.05) is 25.0 Å². The first-order valence-corrected chi connectivity index (χ1v) is 9.36. The molecule has 0 saturated heterocycles. The Labute approximate surface area is 133 Å². The van der Waals surface area contributed by atoms with Crippen molar-refractivity contribution in [1.29, 1.82) is 0 Å². The van der Waals surface area contributed by atoms with Crippen molar-refractivity contribution in [3.63, 3.8) is 0 Å². The van der Waals surface area contributed by atoms with Crippen LogP contribution in [0.4, 0.5) is 0 Å². The van der Waals surface area contributed by atoms with Crippen molar-refractivity contribution in [1.82, 2.24) is 10.0 Å². The van der Waals surface area contributed by atoms with Gasteiger partial charge in [-0.3, -0.25) is 0 Å². The largest absolute Gasteiger partial charge is 0.396 e. The highest BCUT2D eigenvalue weighted by atomic mass is 32.2. The molecule has 0 bridgehead atoms. The number of hydrogen-bond donors (Lipinski definition) is 3. The van der Waals surface area contributed by atoms with Crippen LogP contribution in [0.5, 0.6) is 0 Å². The molecule has 3 N–H and O–H groups in total. The fourth-order valence-electron chi connectivity index (χ4n) is 3.12. The van der Waals surface area contributed by atoms with Gasteiger partial charge in [-0.25, -0.2) is 13.1 Å². The van der Waals surface area contributed by atoms with Crippen LogP contribution < -0.4 is 10.0 Å². The first-order valence-electron chi connectivity index (χ1n) is 7.88. The third kappa shape index (κ3) is 4.07. The van der Waals surface area contributed by atoms with Crippen molar-refractivity contribution < 1.29 is 13.5 Å². The summed E-state index contributed by atoms with van der Waals surface area (Å²) in [5.74, 6) is 0.320. The summed E-state index contributed by atoms with van der Waals surface area (Å²) < 4.78 is 25.8. The molecule has 3 unspecified atom stereocenters. The molecule has 0 aliphatic heterocycles. The van der Waals surface area contributed by atoms with E-state index in [1.54, 1.807) is 12.1 Å².